The summed E-state index contributed by atoms with van der Waals surface area (Å²) in [6.07, 6.45) is 1.53. The summed E-state index contributed by atoms with van der Waals surface area (Å²) in [5.41, 5.74) is 5.22. The maximum atomic E-state index is 13.6. The van der Waals surface area contributed by atoms with E-state index in [0.717, 1.165) is 15.4 Å². The molecule has 4 rings (SSSR count). The van der Waals surface area contributed by atoms with E-state index in [1.54, 1.807) is 6.07 Å². The van der Waals surface area contributed by atoms with E-state index in [9.17, 15) is 13.2 Å². The van der Waals surface area contributed by atoms with Crippen LogP contribution in [0.3, 0.4) is 0 Å². The average molecular weight is 508 g/mol. The Morgan fingerprint density at radius 2 is 1.69 bits per heavy atom. The van der Waals surface area contributed by atoms with Gasteiger partial charge in [0, 0.05) is 12.6 Å². The normalized spacial score (nSPS) is 13.3. The monoisotopic (exact) mass is 507 g/mol. The van der Waals surface area contributed by atoms with Gasteiger partial charge in [0.1, 0.15) is 13.2 Å². The SMILES string of the molecule is CC(C)c1ccc(/C=N\NC(=O)CN(Cc2ccccc2)S(=O)(=O)c2ccc3c(c2)OCCO3)cc1. The molecule has 8 nitrogen and oxygen atoms in total. The van der Waals surface area contributed by atoms with Crippen molar-refractivity contribution in [3.8, 4) is 11.5 Å². The summed E-state index contributed by atoms with van der Waals surface area (Å²) in [7, 11) is -4.03. The van der Waals surface area contributed by atoms with Gasteiger partial charge >= 0.3 is 0 Å². The van der Waals surface area contributed by atoms with E-state index >= 15 is 0 Å². The minimum Gasteiger partial charge on any atom is -0.486 e. The zero-order valence-corrected chi connectivity index (χ0v) is 21.1. The van der Waals surface area contributed by atoms with Crippen molar-refractivity contribution in [3.05, 3.63) is 89.5 Å². The number of sulfonamides is 1. The number of rotatable bonds is 9. The Morgan fingerprint density at radius 3 is 2.39 bits per heavy atom. The number of fused-ring (bicyclic) bond motifs is 1. The first-order valence-electron chi connectivity index (χ1n) is 11.7. The van der Waals surface area contributed by atoms with Crippen molar-refractivity contribution >= 4 is 22.1 Å². The molecule has 0 saturated heterocycles. The van der Waals surface area contributed by atoms with E-state index < -0.39 is 22.5 Å². The first-order chi connectivity index (χ1) is 17.3. The zero-order valence-electron chi connectivity index (χ0n) is 20.3. The van der Waals surface area contributed by atoms with Crippen LogP contribution in [0.1, 0.15) is 36.5 Å². The predicted molar refractivity (Wildman–Crippen MR) is 138 cm³/mol. The third kappa shape index (κ3) is 6.30. The lowest BCUT2D eigenvalue weighted by Gasteiger charge is -2.23. The lowest BCUT2D eigenvalue weighted by Crippen LogP contribution is -2.39. The first kappa shape index (κ1) is 25.4. The molecule has 0 radical (unpaired) electrons. The highest BCUT2D eigenvalue weighted by molar-refractivity contribution is 7.89. The summed E-state index contributed by atoms with van der Waals surface area (Å²) in [4.78, 5) is 12.7. The number of amides is 1. The van der Waals surface area contributed by atoms with Gasteiger partial charge in [-0.1, -0.05) is 68.4 Å². The number of carbonyl (C=O) groups is 1. The minimum atomic E-state index is -4.03. The van der Waals surface area contributed by atoms with E-state index in [2.05, 4.69) is 24.4 Å². The van der Waals surface area contributed by atoms with Gasteiger partial charge in [0.25, 0.3) is 5.91 Å². The summed E-state index contributed by atoms with van der Waals surface area (Å²) in [5.74, 6) is 0.715. The van der Waals surface area contributed by atoms with Gasteiger partial charge in [-0.25, -0.2) is 13.8 Å². The summed E-state index contributed by atoms with van der Waals surface area (Å²) in [5, 5.41) is 4.01. The van der Waals surface area contributed by atoms with Gasteiger partial charge in [0.05, 0.1) is 17.7 Å². The zero-order chi connectivity index (χ0) is 25.5. The van der Waals surface area contributed by atoms with Crippen molar-refractivity contribution in [2.75, 3.05) is 19.8 Å². The van der Waals surface area contributed by atoms with Crippen molar-refractivity contribution in [3.63, 3.8) is 0 Å². The highest BCUT2D eigenvalue weighted by atomic mass is 32.2. The molecule has 0 bridgehead atoms. The van der Waals surface area contributed by atoms with Gasteiger partial charge in [-0.2, -0.15) is 9.41 Å². The highest BCUT2D eigenvalue weighted by Crippen LogP contribution is 2.33. The van der Waals surface area contributed by atoms with Crippen molar-refractivity contribution in [2.45, 2.75) is 31.2 Å². The molecule has 3 aromatic rings. The van der Waals surface area contributed by atoms with Gasteiger partial charge in [-0.3, -0.25) is 4.79 Å². The highest BCUT2D eigenvalue weighted by Gasteiger charge is 2.28. The summed E-state index contributed by atoms with van der Waals surface area (Å²) >= 11 is 0. The lowest BCUT2D eigenvalue weighted by molar-refractivity contribution is -0.121. The van der Waals surface area contributed by atoms with Crippen molar-refractivity contribution < 1.29 is 22.7 Å². The Labute approximate surface area is 211 Å². The Morgan fingerprint density at radius 1 is 1.00 bits per heavy atom. The summed E-state index contributed by atoms with van der Waals surface area (Å²) in [6.45, 7) is 4.58. The predicted octanol–water partition coefficient (Wildman–Crippen LogP) is 3.92. The van der Waals surface area contributed by atoms with Crippen LogP contribution in [0, 0.1) is 0 Å². The van der Waals surface area contributed by atoms with Crippen LogP contribution < -0.4 is 14.9 Å². The summed E-state index contributed by atoms with van der Waals surface area (Å²) < 4.78 is 39.3. The third-order valence-corrected chi connectivity index (χ3v) is 7.47. The number of carbonyl (C=O) groups excluding carboxylic acids is 1. The van der Waals surface area contributed by atoms with Crippen LogP contribution in [-0.4, -0.2) is 44.6 Å². The van der Waals surface area contributed by atoms with Crippen LogP contribution in [0.25, 0.3) is 0 Å². The topological polar surface area (TPSA) is 97.3 Å². The Bertz CT molecular complexity index is 1320. The lowest BCUT2D eigenvalue weighted by atomic mass is 10.0. The van der Waals surface area contributed by atoms with Crippen LogP contribution >= 0.6 is 0 Å². The van der Waals surface area contributed by atoms with Crippen LogP contribution in [-0.2, 0) is 21.4 Å². The smallest absolute Gasteiger partial charge is 0.255 e. The molecular formula is C27H29N3O5S. The van der Waals surface area contributed by atoms with Gasteiger partial charge < -0.3 is 9.47 Å². The molecule has 9 heteroatoms. The molecule has 0 aromatic heterocycles. The van der Waals surface area contributed by atoms with Gasteiger partial charge in [-0.05, 0) is 34.7 Å². The van der Waals surface area contributed by atoms with E-state index in [1.165, 1.54) is 23.9 Å². The number of nitrogens with one attached hydrogen (secondary N) is 1. The maximum absolute atomic E-state index is 13.6. The number of nitrogens with zero attached hydrogens (tertiary/aromatic N) is 2. The molecule has 3 aromatic carbocycles. The van der Waals surface area contributed by atoms with E-state index in [-0.39, 0.29) is 11.4 Å². The molecule has 1 aliphatic heterocycles. The Hall–Kier alpha value is -3.69. The molecule has 0 saturated carbocycles. The third-order valence-electron chi connectivity index (χ3n) is 5.68. The fourth-order valence-electron chi connectivity index (χ4n) is 3.69. The van der Waals surface area contributed by atoms with Crippen molar-refractivity contribution in [2.24, 2.45) is 5.10 Å². The van der Waals surface area contributed by atoms with E-state index in [0.29, 0.717) is 30.6 Å². The quantitative estimate of drug-likeness (QED) is 0.350. The molecule has 0 aliphatic carbocycles. The molecule has 1 N–H and O–H groups in total. The van der Waals surface area contributed by atoms with Gasteiger partial charge in [0.2, 0.25) is 10.0 Å². The van der Waals surface area contributed by atoms with Crippen LogP contribution in [0.5, 0.6) is 11.5 Å². The summed E-state index contributed by atoms with van der Waals surface area (Å²) in [6, 6.07) is 21.4. The second kappa shape index (κ2) is 11.4. The first-order valence-corrected chi connectivity index (χ1v) is 13.1. The number of hydrogen-bond acceptors (Lipinski definition) is 6. The van der Waals surface area contributed by atoms with Gasteiger partial charge in [-0.15, -0.1) is 0 Å². The van der Waals surface area contributed by atoms with Gasteiger partial charge in [0.15, 0.2) is 11.5 Å². The molecular weight excluding hydrogens is 478 g/mol. The molecule has 0 atom stereocenters. The molecule has 0 unspecified atom stereocenters. The van der Waals surface area contributed by atoms with Crippen LogP contribution in [0.2, 0.25) is 0 Å². The van der Waals surface area contributed by atoms with Crippen LogP contribution in [0.15, 0.2) is 82.8 Å². The molecule has 0 spiro atoms. The Kier molecular flexibility index (Phi) is 8.02. The van der Waals surface area contributed by atoms with Crippen LogP contribution in [0.4, 0.5) is 0 Å². The Balaban J connectivity index is 1.50. The molecule has 1 amide bonds. The standard InChI is InChI=1S/C27H29N3O5S/c1-20(2)23-10-8-21(9-11-23)17-28-29-27(31)19-30(18-22-6-4-3-5-7-22)36(32,33)24-12-13-25-26(16-24)35-15-14-34-25/h3-13,16-17,20H,14-15,18-19H2,1-2H3,(H,29,31)/b28-17-. The molecule has 1 aliphatic rings. The molecule has 0 fully saturated rings. The number of ether oxygens (including phenoxy) is 2. The number of hydrogen-bond donors (Lipinski definition) is 1. The number of benzene rings is 3. The molecule has 188 valence electrons. The molecule has 1 heterocycles. The molecule has 36 heavy (non-hydrogen) atoms. The second-order valence-electron chi connectivity index (χ2n) is 8.68. The fourth-order valence-corrected chi connectivity index (χ4v) is 5.09. The van der Waals surface area contributed by atoms with E-state index in [4.69, 9.17) is 9.47 Å². The van der Waals surface area contributed by atoms with Crippen molar-refractivity contribution in [1.82, 2.24) is 9.73 Å². The largest absolute Gasteiger partial charge is 0.486 e. The minimum absolute atomic E-state index is 0.0178. The fraction of sp³-hybridized carbons (Fsp3) is 0.259. The van der Waals surface area contributed by atoms with E-state index in [1.807, 2.05) is 54.6 Å². The average Bonchev–Trinajstić information content (AvgIpc) is 2.89. The maximum Gasteiger partial charge on any atom is 0.255 e. The van der Waals surface area contributed by atoms with Crippen molar-refractivity contribution in [1.29, 1.82) is 0 Å². The number of hydrazone groups is 1. The second-order valence-corrected chi connectivity index (χ2v) is 10.6.